The monoisotopic (exact) mass is 836 g/mol. The zero-order valence-corrected chi connectivity index (χ0v) is 37.5. The smallest absolute Gasteiger partial charge is 0.0728 e. The molecule has 2 spiro atoms. The molecule has 2 heteroatoms. The maximum atomic E-state index is 5.78. The summed E-state index contributed by atoms with van der Waals surface area (Å²) in [5.41, 5.74) is 28.6. The van der Waals surface area contributed by atoms with E-state index in [0.29, 0.717) is 29.1 Å². The Morgan fingerprint density at radius 2 is 1.12 bits per heavy atom. The van der Waals surface area contributed by atoms with Crippen molar-refractivity contribution in [2.45, 2.75) is 107 Å². The van der Waals surface area contributed by atoms with Gasteiger partial charge in [-0.1, -0.05) is 91.0 Å². The lowest BCUT2D eigenvalue weighted by molar-refractivity contribution is 0.00321. The van der Waals surface area contributed by atoms with E-state index < -0.39 is 5.41 Å². The van der Waals surface area contributed by atoms with Crippen LogP contribution in [0.4, 0.5) is 0 Å². The van der Waals surface area contributed by atoms with Gasteiger partial charge in [0.05, 0.1) is 28.2 Å². The topological polar surface area (TPSA) is 17.3 Å². The summed E-state index contributed by atoms with van der Waals surface area (Å²) < 4.78 is 2.83. The molecule has 2 nitrogen and oxygen atoms in total. The first-order chi connectivity index (χ1) is 32.0. The van der Waals surface area contributed by atoms with Crippen molar-refractivity contribution in [3.05, 3.63) is 165 Å². The second-order valence-electron chi connectivity index (χ2n) is 23.5. The van der Waals surface area contributed by atoms with Gasteiger partial charge in [-0.15, -0.1) is 0 Å². The molecule has 0 amide bonds. The highest BCUT2D eigenvalue weighted by atomic mass is 14.9. The van der Waals surface area contributed by atoms with Crippen LogP contribution in [0, 0.1) is 42.9 Å². The molecule has 3 aromatic heterocycles. The third-order valence-corrected chi connectivity index (χ3v) is 21.1. The Balaban J connectivity index is 1.09. The molecule has 9 aromatic rings. The molecule has 3 heterocycles. The number of nitrogens with zero attached hydrogens (tertiary/aromatic N) is 2. The highest BCUT2D eigenvalue weighted by Crippen LogP contribution is 2.77. The molecular weight excluding hydrogens is 785 g/mol. The lowest BCUT2D eigenvalue weighted by Gasteiger charge is -2.48. The Kier molecular flexibility index (Phi) is 5.90. The second kappa shape index (κ2) is 11.1. The number of aromatic nitrogens is 2. The summed E-state index contributed by atoms with van der Waals surface area (Å²) in [7, 11) is 0. The number of hydrogen-bond donors (Lipinski definition) is 0. The van der Waals surface area contributed by atoms with Crippen LogP contribution in [0.15, 0.2) is 109 Å². The van der Waals surface area contributed by atoms with E-state index >= 15 is 0 Å². The van der Waals surface area contributed by atoms with E-state index in [-0.39, 0.29) is 0 Å². The largest absolute Gasteiger partial charge is 0.306 e. The van der Waals surface area contributed by atoms with E-state index in [1.54, 1.807) is 38.4 Å². The van der Waals surface area contributed by atoms with Gasteiger partial charge in [0.15, 0.2) is 0 Å². The van der Waals surface area contributed by atoms with E-state index in [1.807, 2.05) is 0 Å². The Morgan fingerprint density at radius 1 is 0.492 bits per heavy atom. The third-order valence-electron chi connectivity index (χ3n) is 21.1. The van der Waals surface area contributed by atoms with Crippen molar-refractivity contribution in [3.63, 3.8) is 0 Å². The molecule has 65 heavy (non-hydrogen) atoms. The van der Waals surface area contributed by atoms with E-state index in [2.05, 4.69) is 128 Å². The molecule has 7 atom stereocenters. The van der Waals surface area contributed by atoms with Gasteiger partial charge in [-0.05, 0) is 220 Å². The van der Waals surface area contributed by atoms with Crippen molar-refractivity contribution in [1.29, 1.82) is 0 Å². The average molecular weight is 837 g/mol. The summed E-state index contributed by atoms with van der Waals surface area (Å²) in [4.78, 5) is 5.78. The van der Waals surface area contributed by atoms with Gasteiger partial charge in [-0.3, -0.25) is 4.98 Å². The lowest BCUT2D eigenvalue weighted by atomic mass is 9.56. The predicted molar refractivity (Wildman–Crippen MR) is 264 cm³/mol. The fraction of sp³-hybridized carbons (Fsp3) is 0.349. The number of aryl methyl sites for hydroxylation is 2. The summed E-state index contributed by atoms with van der Waals surface area (Å²) in [6.07, 6.45) is 16.2. The zero-order chi connectivity index (χ0) is 42.0. The first-order valence-corrected chi connectivity index (χ1v) is 25.6. The number of benzene rings is 6. The molecule has 19 rings (SSSR count). The molecule has 0 N–H and O–H groups in total. The second-order valence-corrected chi connectivity index (χ2v) is 23.5. The first-order valence-electron chi connectivity index (χ1n) is 25.6. The van der Waals surface area contributed by atoms with Gasteiger partial charge in [0.1, 0.15) is 0 Å². The van der Waals surface area contributed by atoms with E-state index in [4.69, 9.17) is 4.98 Å². The molecular formula is C63H52N2. The number of rotatable bonds is 1. The maximum Gasteiger partial charge on any atom is 0.0728 e. The van der Waals surface area contributed by atoms with Crippen LogP contribution in [-0.4, -0.2) is 9.38 Å². The average Bonchev–Trinajstić information content (AvgIpc) is 4.09. The SMILES string of the molecule is Cc1cccc(C)c1-c1cc2c(c3c1C1CC4CC(C1)CC3C4)c1cc3c(c4c5c6c(ncc5n2c14)C1CC2CC4CC6CC24C1)-c1ccccc1C31c2ccccc2-c2ccccc21. The van der Waals surface area contributed by atoms with Crippen LogP contribution < -0.4 is 0 Å². The molecule has 0 aliphatic heterocycles. The van der Waals surface area contributed by atoms with Crippen molar-refractivity contribution in [3.8, 4) is 33.4 Å². The highest BCUT2D eigenvalue weighted by Gasteiger charge is 2.66. The van der Waals surface area contributed by atoms with E-state index in [1.165, 1.54) is 153 Å². The molecule has 10 aliphatic carbocycles. The Labute approximate surface area is 380 Å². The standard InChI is InChI=1S/C63H52N2/c1-31-10-9-11-32(2)52(31)44-27-50-57(54-36-21-33-18-34(22-36)20-35(19-33)53(44)54)45-26-49-56(43-14-5-8-17-48(43)63(49)46-15-6-3-12-41(46)42-13-4-7-16-47(42)63)59-58-51(65(50)61(45)59)30-64-60-38-24-40-25-39-23-37(55(58)60)28-62(39,40)29-38/h3-17,26-27,30,33-40H,18-25,28-29H2,1-2H3. The number of fused-ring (bicyclic) bond motifs is 23. The van der Waals surface area contributed by atoms with Crippen molar-refractivity contribution in [2.75, 3.05) is 0 Å². The van der Waals surface area contributed by atoms with Crippen molar-refractivity contribution in [1.82, 2.24) is 9.38 Å². The maximum absolute atomic E-state index is 5.78. The van der Waals surface area contributed by atoms with Crippen LogP contribution in [0.25, 0.3) is 71.5 Å². The van der Waals surface area contributed by atoms with Gasteiger partial charge in [0.25, 0.3) is 0 Å². The van der Waals surface area contributed by atoms with Crippen molar-refractivity contribution >= 4 is 38.1 Å². The van der Waals surface area contributed by atoms with Crippen LogP contribution in [0.2, 0.25) is 0 Å². The van der Waals surface area contributed by atoms with Gasteiger partial charge >= 0.3 is 0 Å². The van der Waals surface area contributed by atoms with Crippen LogP contribution >= 0.6 is 0 Å². The molecule has 6 aromatic carbocycles. The molecule has 0 radical (unpaired) electrons. The molecule has 5 fully saturated rings. The molecule has 5 saturated carbocycles. The van der Waals surface area contributed by atoms with Crippen molar-refractivity contribution in [2.24, 2.45) is 29.1 Å². The van der Waals surface area contributed by atoms with Crippen LogP contribution in [0.3, 0.4) is 0 Å². The van der Waals surface area contributed by atoms with Gasteiger partial charge in [0, 0.05) is 33.2 Å². The van der Waals surface area contributed by atoms with E-state index in [9.17, 15) is 0 Å². The third kappa shape index (κ3) is 3.67. The fourth-order valence-corrected chi connectivity index (χ4v) is 19.4. The predicted octanol–water partition coefficient (Wildman–Crippen LogP) is 15.6. The minimum atomic E-state index is -0.393. The quantitative estimate of drug-likeness (QED) is 0.161. The molecule has 10 aliphatic rings. The zero-order valence-electron chi connectivity index (χ0n) is 37.5. The molecule has 7 unspecified atom stereocenters. The number of hydrogen-bond acceptors (Lipinski definition) is 1. The first kappa shape index (κ1) is 34.6. The van der Waals surface area contributed by atoms with Crippen LogP contribution in [0.5, 0.6) is 0 Å². The lowest BCUT2D eigenvalue weighted by Crippen LogP contribution is -2.41. The summed E-state index contributed by atoms with van der Waals surface area (Å²) in [5.74, 6) is 5.94. The Morgan fingerprint density at radius 3 is 1.85 bits per heavy atom. The summed E-state index contributed by atoms with van der Waals surface area (Å²) in [5, 5.41) is 6.20. The van der Waals surface area contributed by atoms with Crippen LogP contribution in [-0.2, 0) is 5.41 Å². The molecule has 7 bridgehead atoms. The van der Waals surface area contributed by atoms with E-state index in [0.717, 1.165) is 23.7 Å². The normalized spacial score (nSPS) is 30.5. The molecule has 314 valence electrons. The van der Waals surface area contributed by atoms with Gasteiger partial charge in [-0.25, -0.2) is 0 Å². The van der Waals surface area contributed by atoms with Gasteiger partial charge < -0.3 is 4.40 Å². The Hall–Kier alpha value is -5.73. The summed E-state index contributed by atoms with van der Waals surface area (Å²) in [6.45, 7) is 4.76. The minimum absolute atomic E-state index is 0.393. The summed E-state index contributed by atoms with van der Waals surface area (Å²) in [6, 6.07) is 41.2. The Bertz CT molecular complexity index is 3650. The molecule has 0 saturated heterocycles. The summed E-state index contributed by atoms with van der Waals surface area (Å²) >= 11 is 0. The highest BCUT2D eigenvalue weighted by molar-refractivity contribution is 6.30. The fourth-order valence-electron chi connectivity index (χ4n) is 19.4. The van der Waals surface area contributed by atoms with Gasteiger partial charge in [0.2, 0.25) is 0 Å². The van der Waals surface area contributed by atoms with Crippen molar-refractivity contribution < 1.29 is 0 Å². The van der Waals surface area contributed by atoms with Gasteiger partial charge in [-0.2, -0.15) is 0 Å². The van der Waals surface area contributed by atoms with Crippen LogP contribution in [0.1, 0.15) is 144 Å². The number of pyridine rings is 1. The minimum Gasteiger partial charge on any atom is -0.306 e.